The van der Waals surface area contributed by atoms with Crippen LogP contribution in [0.1, 0.15) is 55.8 Å². The number of carbonyl (C=O) groups excluding carboxylic acids is 3. The number of carbonyl (C=O) groups is 3. The summed E-state index contributed by atoms with van der Waals surface area (Å²) < 4.78 is 44.4. The molecule has 47 heavy (non-hydrogen) atoms. The highest BCUT2D eigenvalue weighted by Crippen LogP contribution is 2.46. The second-order valence-corrected chi connectivity index (χ2v) is 15.7. The van der Waals surface area contributed by atoms with E-state index in [1.165, 1.54) is 11.4 Å². The number of nitrogens with one attached hydrogen (secondary N) is 1. The largest absolute Gasteiger partial charge is 0.479 e. The third-order valence-electron chi connectivity index (χ3n) is 7.24. The third-order valence-corrected chi connectivity index (χ3v) is 11.3. The zero-order valence-corrected chi connectivity index (χ0v) is 30.3. The summed E-state index contributed by atoms with van der Waals surface area (Å²) in [5.74, 6) is -1.15. The summed E-state index contributed by atoms with van der Waals surface area (Å²) in [7, 11) is -2.27. The average Bonchev–Trinajstić information content (AvgIpc) is 3.35. The fraction of sp³-hybridized carbons (Fsp3) is 0.424. The number of thiophene rings is 1. The number of hydrogen-bond donors (Lipinski definition) is 1. The summed E-state index contributed by atoms with van der Waals surface area (Å²) in [5.41, 5.74) is 1.32. The third kappa shape index (κ3) is 9.34. The van der Waals surface area contributed by atoms with Crippen molar-refractivity contribution in [1.29, 1.82) is 0 Å². The van der Waals surface area contributed by atoms with Crippen molar-refractivity contribution >= 4 is 60.9 Å². The normalized spacial score (nSPS) is 14.3. The lowest BCUT2D eigenvalue weighted by Crippen LogP contribution is -2.52. The molecule has 1 aliphatic rings. The number of esters is 2. The summed E-state index contributed by atoms with van der Waals surface area (Å²) in [6.45, 7) is 7.64. The van der Waals surface area contributed by atoms with Gasteiger partial charge in [-0.05, 0) is 79.7 Å². The molecule has 0 bridgehead atoms. The van der Waals surface area contributed by atoms with E-state index in [0.717, 1.165) is 16.9 Å². The number of rotatable bonds is 11. The summed E-state index contributed by atoms with van der Waals surface area (Å²) in [4.78, 5) is 41.0. The first-order valence-corrected chi connectivity index (χ1v) is 18.4. The number of amides is 2. The molecule has 0 saturated carbocycles. The number of benzene rings is 2. The van der Waals surface area contributed by atoms with Gasteiger partial charge in [-0.15, -0.1) is 11.3 Å². The molecule has 254 valence electrons. The number of piperidine rings is 1. The Kier molecular flexibility index (Phi) is 12.1. The molecule has 2 heterocycles. The van der Waals surface area contributed by atoms with Gasteiger partial charge in [-0.1, -0.05) is 42.5 Å². The molecule has 3 aromatic rings. The van der Waals surface area contributed by atoms with E-state index in [0.29, 0.717) is 40.0 Å². The van der Waals surface area contributed by atoms with E-state index in [-0.39, 0.29) is 41.5 Å². The van der Waals surface area contributed by atoms with Crippen LogP contribution in [0.15, 0.2) is 59.1 Å². The minimum atomic E-state index is -3.53. The quantitative estimate of drug-likeness (QED) is 0.229. The molecule has 1 aliphatic heterocycles. The SMILES string of the molecule is CCNC(=O)N(c1cccc(-c2sc(C(=O)OC)c(OCC(=O)OC(C)(C)C)c2Br)c1)C1CCN(S(=O)(=O)Cc2ccccc2)CC1. The first kappa shape index (κ1) is 36.4. The highest BCUT2D eigenvalue weighted by molar-refractivity contribution is 9.10. The van der Waals surface area contributed by atoms with Gasteiger partial charge in [-0.2, -0.15) is 0 Å². The van der Waals surface area contributed by atoms with Gasteiger partial charge in [-0.25, -0.2) is 27.1 Å². The van der Waals surface area contributed by atoms with Crippen molar-refractivity contribution in [1.82, 2.24) is 9.62 Å². The van der Waals surface area contributed by atoms with E-state index in [2.05, 4.69) is 21.2 Å². The molecule has 0 unspecified atom stereocenters. The van der Waals surface area contributed by atoms with Crippen molar-refractivity contribution in [3.8, 4) is 16.2 Å². The Labute approximate surface area is 288 Å². The highest BCUT2D eigenvalue weighted by atomic mass is 79.9. The van der Waals surface area contributed by atoms with Crippen LogP contribution in [0.25, 0.3) is 10.4 Å². The van der Waals surface area contributed by atoms with Crippen molar-refractivity contribution < 1.29 is 37.0 Å². The fourth-order valence-corrected chi connectivity index (χ4v) is 8.75. The Balaban J connectivity index is 1.59. The molecule has 2 amide bonds. The summed E-state index contributed by atoms with van der Waals surface area (Å²) in [5, 5.41) is 2.89. The van der Waals surface area contributed by atoms with E-state index in [1.807, 2.05) is 49.4 Å². The smallest absolute Gasteiger partial charge is 0.351 e. The molecule has 1 saturated heterocycles. The second-order valence-electron chi connectivity index (χ2n) is 11.9. The first-order valence-electron chi connectivity index (χ1n) is 15.2. The predicted molar refractivity (Wildman–Crippen MR) is 185 cm³/mol. The number of urea groups is 1. The van der Waals surface area contributed by atoms with Crippen LogP contribution in [-0.4, -0.2) is 75.7 Å². The lowest BCUT2D eigenvalue weighted by molar-refractivity contribution is -0.157. The Morgan fingerprint density at radius 2 is 1.74 bits per heavy atom. The number of nitrogens with zero attached hydrogens (tertiary/aromatic N) is 2. The molecular weight excluding hydrogens is 710 g/mol. The molecule has 4 rings (SSSR count). The Bertz CT molecular complexity index is 1680. The van der Waals surface area contributed by atoms with Gasteiger partial charge in [0.1, 0.15) is 5.60 Å². The van der Waals surface area contributed by atoms with Crippen LogP contribution in [0.5, 0.6) is 5.75 Å². The minimum absolute atomic E-state index is 0.0761. The Morgan fingerprint density at radius 3 is 2.36 bits per heavy atom. The molecule has 14 heteroatoms. The van der Waals surface area contributed by atoms with Crippen LogP contribution in [0.2, 0.25) is 0 Å². The second kappa shape index (κ2) is 15.6. The monoisotopic (exact) mass is 749 g/mol. The molecular formula is C33H40BrN3O8S2. The lowest BCUT2D eigenvalue weighted by Gasteiger charge is -2.38. The van der Waals surface area contributed by atoms with Crippen molar-refractivity contribution in [2.45, 2.75) is 57.9 Å². The number of hydrogen-bond acceptors (Lipinski definition) is 9. The number of halogens is 1. The van der Waals surface area contributed by atoms with Crippen LogP contribution >= 0.6 is 27.3 Å². The van der Waals surface area contributed by atoms with Crippen LogP contribution in [0.3, 0.4) is 0 Å². The zero-order chi connectivity index (χ0) is 34.4. The molecule has 1 aromatic heterocycles. The topological polar surface area (TPSA) is 132 Å². The van der Waals surface area contributed by atoms with Gasteiger partial charge in [0.05, 0.1) is 22.2 Å². The number of anilines is 1. The summed E-state index contributed by atoms with van der Waals surface area (Å²) >= 11 is 4.68. The van der Waals surface area contributed by atoms with E-state index in [4.69, 9.17) is 14.2 Å². The first-order chi connectivity index (χ1) is 22.2. The Morgan fingerprint density at radius 1 is 1.06 bits per heavy atom. The fourth-order valence-electron chi connectivity index (χ4n) is 5.22. The van der Waals surface area contributed by atoms with Gasteiger partial charge >= 0.3 is 18.0 Å². The standard InChI is InChI=1S/C33H40BrN3O8S2/c1-6-35-32(40)37(24-15-17-36(18-16-24)47(41,42)21-22-11-8-7-9-12-22)25-14-10-13-23(19-25)29-27(34)28(30(46-29)31(39)43-5)44-20-26(38)45-33(2,3)4/h7-14,19,24H,6,15-18,20-21H2,1-5H3,(H,35,40). The zero-order valence-electron chi connectivity index (χ0n) is 27.1. The summed E-state index contributed by atoms with van der Waals surface area (Å²) in [6.07, 6.45) is 0.903. The molecule has 0 spiro atoms. The summed E-state index contributed by atoms with van der Waals surface area (Å²) in [6, 6.07) is 15.8. The number of methoxy groups -OCH3 is 1. The minimum Gasteiger partial charge on any atom is -0.479 e. The average molecular weight is 751 g/mol. The molecule has 1 fully saturated rings. The van der Waals surface area contributed by atoms with Gasteiger partial charge < -0.3 is 19.5 Å². The van der Waals surface area contributed by atoms with Gasteiger partial charge in [0, 0.05) is 31.4 Å². The van der Waals surface area contributed by atoms with Crippen molar-refractivity contribution in [2.24, 2.45) is 0 Å². The maximum absolute atomic E-state index is 13.5. The number of sulfonamides is 1. The molecule has 1 N–H and O–H groups in total. The van der Waals surface area contributed by atoms with Gasteiger partial charge in [0.15, 0.2) is 17.2 Å². The maximum Gasteiger partial charge on any atom is 0.351 e. The van der Waals surface area contributed by atoms with Crippen molar-refractivity contribution in [3.63, 3.8) is 0 Å². The Hall–Kier alpha value is -3.46. The molecule has 0 radical (unpaired) electrons. The molecule has 11 nitrogen and oxygen atoms in total. The van der Waals surface area contributed by atoms with Gasteiger partial charge in [-0.3, -0.25) is 4.90 Å². The lowest BCUT2D eigenvalue weighted by atomic mass is 10.0. The van der Waals surface area contributed by atoms with E-state index in [9.17, 15) is 22.8 Å². The van der Waals surface area contributed by atoms with Crippen LogP contribution < -0.4 is 15.0 Å². The van der Waals surface area contributed by atoms with Gasteiger partial charge in [0.2, 0.25) is 10.0 Å². The van der Waals surface area contributed by atoms with Crippen LogP contribution in [-0.2, 0) is 30.0 Å². The molecule has 2 aromatic carbocycles. The van der Waals surface area contributed by atoms with Crippen molar-refractivity contribution in [3.05, 3.63) is 69.5 Å². The van der Waals surface area contributed by atoms with E-state index < -0.39 is 34.2 Å². The van der Waals surface area contributed by atoms with Crippen LogP contribution in [0, 0.1) is 0 Å². The maximum atomic E-state index is 13.5. The molecule has 0 atom stereocenters. The van der Waals surface area contributed by atoms with Crippen molar-refractivity contribution in [2.75, 3.05) is 38.3 Å². The highest BCUT2D eigenvalue weighted by Gasteiger charge is 2.34. The number of ether oxygens (including phenoxy) is 3. The van der Waals surface area contributed by atoms with E-state index in [1.54, 1.807) is 37.8 Å². The molecule has 0 aliphatic carbocycles. The van der Waals surface area contributed by atoms with Crippen LogP contribution in [0.4, 0.5) is 10.5 Å². The van der Waals surface area contributed by atoms with E-state index >= 15 is 0 Å². The van der Waals surface area contributed by atoms with Gasteiger partial charge in [0.25, 0.3) is 0 Å². The predicted octanol–water partition coefficient (Wildman–Crippen LogP) is 6.22.